The number of hydrogen-bond donors (Lipinski definition) is 1. The van der Waals surface area contributed by atoms with Gasteiger partial charge in [0.15, 0.2) is 0 Å². The predicted molar refractivity (Wildman–Crippen MR) is 68.3 cm³/mol. The topological polar surface area (TPSA) is 43.8 Å². The minimum atomic E-state index is 0.237. The number of nitrogens with two attached hydrogens (primary N) is 1. The molecule has 0 fully saturated rings. The lowest BCUT2D eigenvalue weighted by Gasteiger charge is -2.24. The van der Waals surface area contributed by atoms with Gasteiger partial charge in [0.05, 0.1) is 5.69 Å². The van der Waals surface area contributed by atoms with E-state index in [-0.39, 0.29) is 6.04 Å². The zero-order valence-electron chi connectivity index (χ0n) is 11.2. The molecule has 1 aromatic heterocycles. The van der Waals surface area contributed by atoms with Crippen LogP contribution < -0.4 is 5.73 Å². The van der Waals surface area contributed by atoms with Crippen LogP contribution in [0.15, 0.2) is 6.07 Å². The van der Waals surface area contributed by atoms with Crippen LogP contribution in [0.5, 0.6) is 0 Å². The molecule has 3 nitrogen and oxygen atoms in total. The van der Waals surface area contributed by atoms with Crippen LogP contribution in [0.25, 0.3) is 0 Å². The molecule has 16 heavy (non-hydrogen) atoms. The lowest BCUT2D eigenvalue weighted by atomic mass is 9.86. The molecule has 0 aliphatic heterocycles. The maximum Gasteiger partial charge on any atom is 0.0596 e. The third kappa shape index (κ3) is 3.08. The van der Waals surface area contributed by atoms with Crippen LogP contribution in [0.3, 0.4) is 0 Å². The first-order valence-electron chi connectivity index (χ1n) is 6.24. The average Bonchev–Trinajstić information content (AvgIpc) is 2.54. The van der Waals surface area contributed by atoms with E-state index in [1.165, 1.54) is 5.69 Å². The van der Waals surface area contributed by atoms with E-state index in [4.69, 9.17) is 5.73 Å². The maximum absolute atomic E-state index is 6.05. The Morgan fingerprint density at radius 3 is 2.44 bits per heavy atom. The van der Waals surface area contributed by atoms with Crippen molar-refractivity contribution in [2.24, 2.45) is 17.6 Å². The van der Waals surface area contributed by atoms with E-state index >= 15 is 0 Å². The average molecular weight is 223 g/mol. The van der Waals surface area contributed by atoms with E-state index in [9.17, 15) is 0 Å². The summed E-state index contributed by atoms with van der Waals surface area (Å²) in [6.07, 6.45) is 1.03. The fourth-order valence-electron chi connectivity index (χ4n) is 2.31. The molecule has 1 heterocycles. The fourth-order valence-corrected chi connectivity index (χ4v) is 2.31. The summed E-state index contributed by atoms with van der Waals surface area (Å²) >= 11 is 0. The number of rotatable bonds is 5. The van der Waals surface area contributed by atoms with Gasteiger partial charge in [-0.1, -0.05) is 13.8 Å². The van der Waals surface area contributed by atoms with E-state index in [1.807, 2.05) is 6.92 Å². The molecule has 0 spiro atoms. The highest BCUT2D eigenvalue weighted by Crippen LogP contribution is 2.20. The van der Waals surface area contributed by atoms with Gasteiger partial charge in [-0.15, -0.1) is 0 Å². The summed E-state index contributed by atoms with van der Waals surface area (Å²) in [4.78, 5) is 0. The summed E-state index contributed by atoms with van der Waals surface area (Å²) in [5, 5.41) is 4.48. The summed E-state index contributed by atoms with van der Waals surface area (Å²) < 4.78 is 2.09. The Balaban J connectivity index is 2.84. The van der Waals surface area contributed by atoms with E-state index < -0.39 is 0 Å². The van der Waals surface area contributed by atoms with E-state index in [0.29, 0.717) is 11.8 Å². The number of aromatic nitrogens is 2. The summed E-state index contributed by atoms with van der Waals surface area (Å²) in [6, 6.07) is 2.42. The highest BCUT2D eigenvalue weighted by molar-refractivity contribution is 5.10. The van der Waals surface area contributed by atoms with Crippen LogP contribution in [-0.2, 0) is 13.0 Å². The lowest BCUT2D eigenvalue weighted by Crippen LogP contribution is -2.32. The largest absolute Gasteiger partial charge is 0.328 e. The molecule has 1 rings (SSSR count). The van der Waals surface area contributed by atoms with Crippen LogP contribution in [-0.4, -0.2) is 15.8 Å². The van der Waals surface area contributed by atoms with Gasteiger partial charge in [-0.05, 0) is 45.1 Å². The smallest absolute Gasteiger partial charge is 0.0596 e. The minimum absolute atomic E-state index is 0.237. The van der Waals surface area contributed by atoms with Gasteiger partial charge in [0.1, 0.15) is 0 Å². The van der Waals surface area contributed by atoms with Crippen molar-refractivity contribution >= 4 is 0 Å². The highest BCUT2D eigenvalue weighted by Gasteiger charge is 2.20. The van der Waals surface area contributed by atoms with Crippen LogP contribution in [0.4, 0.5) is 0 Å². The zero-order chi connectivity index (χ0) is 12.3. The quantitative estimate of drug-likeness (QED) is 0.833. The molecular weight excluding hydrogens is 198 g/mol. The molecule has 0 amide bonds. The maximum atomic E-state index is 6.05. The zero-order valence-corrected chi connectivity index (χ0v) is 11.2. The summed E-state index contributed by atoms with van der Waals surface area (Å²) in [6.45, 7) is 11.7. The van der Waals surface area contributed by atoms with Gasteiger partial charge in [-0.3, -0.25) is 4.68 Å². The normalized spacial score (nSPS) is 15.4. The van der Waals surface area contributed by atoms with Crippen molar-refractivity contribution in [3.63, 3.8) is 0 Å². The SMILES string of the molecule is CCn1nc(C)cc1CC(C(C)C)C(C)N. The second-order valence-corrected chi connectivity index (χ2v) is 5.06. The number of hydrogen-bond acceptors (Lipinski definition) is 2. The van der Waals surface area contributed by atoms with Crippen molar-refractivity contribution in [3.8, 4) is 0 Å². The Morgan fingerprint density at radius 1 is 1.38 bits per heavy atom. The fraction of sp³-hybridized carbons (Fsp3) is 0.769. The first-order valence-corrected chi connectivity index (χ1v) is 6.24. The van der Waals surface area contributed by atoms with E-state index in [2.05, 4.69) is 43.5 Å². The Bertz CT molecular complexity index is 318. The molecule has 0 aliphatic carbocycles. The summed E-state index contributed by atoms with van der Waals surface area (Å²) in [5.74, 6) is 1.14. The molecule has 92 valence electrons. The van der Waals surface area contributed by atoms with Crippen LogP contribution in [0, 0.1) is 18.8 Å². The van der Waals surface area contributed by atoms with Crippen LogP contribution >= 0.6 is 0 Å². The second kappa shape index (κ2) is 5.48. The van der Waals surface area contributed by atoms with Crippen molar-refractivity contribution in [1.29, 1.82) is 0 Å². The monoisotopic (exact) mass is 223 g/mol. The Labute approximate surface area is 99.0 Å². The third-order valence-corrected chi connectivity index (χ3v) is 3.26. The third-order valence-electron chi connectivity index (χ3n) is 3.26. The van der Waals surface area contributed by atoms with Crippen LogP contribution in [0.1, 0.15) is 39.1 Å². The van der Waals surface area contributed by atoms with Gasteiger partial charge in [0.25, 0.3) is 0 Å². The minimum Gasteiger partial charge on any atom is -0.328 e. The first-order chi connectivity index (χ1) is 7.45. The highest BCUT2D eigenvalue weighted by atomic mass is 15.3. The molecule has 1 aromatic rings. The Hall–Kier alpha value is -0.830. The molecule has 2 unspecified atom stereocenters. The second-order valence-electron chi connectivity index (χ2n) is 5.06. The van der Waals surface area contributed by atoms with Gasteiger partial charge in [-0.2, -0.15) is 5.10 Å². The Kier molecular flexibility index (Phi) is 4.54. The first kappa shape index (κ1) is 13.2. The standard InChI is InChI=1S/C13H25N3/c1-6-16-12(7-10(4)15-16)8-13(9(2)3)11(5)14/h7,9,11,13H,6,8,14H2,1-5H3. The molecule has 0 radical (unpaired) electrons. The van der Waals surface area contributed by atoms with E-state index in [1.54, 1.807) is 0 Å². The van der Waals surface area contributed by atoms with Crippen molar-refractivity contribution < 1.29 is 0 Å². The Morgan fingerprint density at radius 2 is 2.00 bits per heavy atom. The molecule has 3 heteroatoms. The van der Waals surface area contributed by atoms with Gasteiger partial charge >= 0.3 is 0 Å². The van der Waals surface area contributed by atoms with Crippen molar-refractivity contribution in [1.82, 2.24) is 9.78 Å². The van der Waals surface area contributed by atoms with E-state index in [0.717, 1.165) is 18.7 Å². The molecule has 2 N–H and O–H groups in total. The van der Waals surface area contributed by atoms with Crippen molar-refractivity contribution in [2.45, 2.75) is 53.6 Å². The molecule has 0 aliphatic rings. The van der Waals surface area contributed by atoms with Crippen LogP contribution in [0.2, 0.25) is 0 Å². The number of nitrogens with zero attached hydrogens (tertiary/aromatic N) is 2. The summed E-state index contributed by atoms with van der Waals surface area (Å²) in [7, 11) is 0. The molecule has 0 bridgehead atoms. The van der Waals surface area contributed by atoms with Gasteiger partial charge < -0.3 is 5.73 Å². The molecular formula is C13H25N3. The molecule has 0 aromatic carbocycles. The molecule has 0 saturated carbocycles. The van der Waals surface area contributed by atoms with Gasteiger partial charge in [-0.25, -0.2) is 0 Å². The van der Waals surface area contributed by atoms with Gasteiger partial charge in [0, 0.05) is 18.3 Å². The molecule has 0 saturated heterocycles. The van der Waals surface area contributed by atoms with Crippen molar-refractivity contribution in [2.75, 3.05) is 0 Å². The predicted octanol–water partition coefficient (Wildman–Crippen LogP) is 2.37. The lowest BCUT2D eigenvalue weighted by molar-refractivity contribution is 0.322. The molecule has 2 atom stereocenters. The summed E-state index contributed by atoms with van der Waals surface area (Å²) in [5.41, 5.74) is 8.47. The van der Waals surface area contributed by atoms with Crippen molar-refractivity contribution in [3.05, 3.63) is 17.5 Å². The number of aryl methyl sites for hydroxylation is 2. The van der Waals surface area contributed by atoms with Gasteiger partial charge in [0.2, 0.25) is 0 Å².